The highest BCUT2D eigenvalue weighted by Crippen LogP contribution is 2.28. The summed E-state index contributed by atoms with van der Waals surface area (Å²) >= 11 is 5.65. The van der Waals surface area contributed by atoms with Gasteiger partial charge < -0.3 is 0 Å². The van der Waals surface area contributed by atoms with Crippen molar-refractivity contribution in [3.8, 4) is 0 Å². The van der Waals surface area contributed by atoms with E-state index in [1.807, 2.05) is 6.92 Å². The molecule has 1 aromatic rings. The molecule has 6 heteroatoms. The molecular formula is C14H19ClFNO2S. The molecule has 0 radical (unpaired) electrons. The van der Waals surface area contributed by atoms with Crippen molar-refractivity contribution < 1.29 is 12.8 Å². The summed E-state index contributed by atoms with van der Waals surface area (Å²) in [7, 11) is -3.56. The summed E-state index contributed by atoms with van der Waals surface area (Å²) in [6.45, 7) is 2.53. The molecule has 0 N–H and O–H groups in total. The Hall–Kier alpha value is -0.650. The molecule has 0 bridgehead atoms. The van der Waals surface area contributed by atoms with Gasteiger partial charge >= 0.3 is 0 Å². The van der Waals surface area contributed by atoms with Crippen LogP contribution in [0.3, 0.4) is 0 Å². The van der Waals surface area contributed by atoms with Crippen molar-refractivity contribution >= 4 is 21.6 Å². The predicted octanol–water partition coefficient (Wildman–Crippen LogP) is 3.52. The number of rotatable bonds is 4. The summed E-state index contributed by atoms with van der Waals surface area (Å²) in [5.41, 5.74) is 0.220. The molecule has 0 spiro atoms. The van der Waals surface area contributed by atoms with E-state index < -0.39 is 15.8 Å². The van der Waals surface area contributed by atoms with Crippen LogP contribution in [0.2, 0.25) is 0 Å². The Morgan fingerprint density at radius 2 is 2.15 bits per heavy atom. The summed E-state index contributed by atoms with van der Waals surface area (Å²) in [5.74, 6) is -0.503. The molecule has 1 aliphatic heterocycles. The van der Waals surface area contributed by atoms with Crippen molar-refractivity contribution in [3.63, 3.8) is 0 Å². The van der Waals surface area contributed by atoms with Gasteiger partial charge in [0.2, 0.25) is 10.0 Å². The zero-order valence-corrected chi connectivity index (χ0v) is 13.1. The van der Waals surface area contributed by atoms with Crippen molar-refractivity contribution in [2.24, 2.45) is 0 Å². The first kappa shape index (κ1) is 15.7. The number of alkyl halides is 1. The van der Waals surface area contributed by atoms with Crippen LogP contribution in [-0.4, -0.2) is 25.3 Å². The summed E-state index contributed by atoms with van der Waals surface area (Å²) in [6, 6.07) is 3.88. The minimum absolute atomic E-state index is 0.0353. The lowest BCUT2D eigenvalue weighted by molar-refractivity contribution is 0.246. The lowest BCUT2D eigenvalue weighted by Gasteiger charge is -2.34. The predicted molar refractivity (Wildman–Crippen MR) is 77.8 cm³/mol. The normalized spacial score (nSPS) is 21.1. The number of benzene rings is 1. The van der Waals surface area contributed by atoms with Gasteiger partial charge in [0, 0.05) is 18.2 Å². The molecule has 1 saturated heterocycles. The van der Waals surface area contributed by atoms with Crippen molar-refractivity contribution in [2.75, 3.05) is 6.54 Å². The van der Waals surface area contributed by atoms with Crippen molar-refractivity contribution in [2.45, 2.75) is 49.4 Å². The number of nitrogens with zero attached hydrogens (tertiary/aromatic N) is 1. The SMILES string of the molecule is CCC1CCCCN1S(=O)(=O)c1ccc(F)c(CCl)c1. The Labute approximate surface area is 124 Å². The lowest BCUT2D eigenvalue weighted by Crippen LogP contribution is -2.43. The fraction of sp³-hybridized carbons (Fsp3) is 0.571. The second-order valence-electron chi connectivity index (χ2n) is 5.06. The summed E-state index contributed by atoms with van der Waals surface area (Å²) < 4.78 is 40.4. The van der Waals surface area contributed by atoms with Gasteiger partial charge in [-0.05, 0) is 37.5 Å². The maximum Gasteiger partial charge on any atom is 0.243 e. The maximum absolute atomic E-state index is 13.5. The molecule has 20 heavy (non-hydrogen) atoms. The van der Waals surface area contributed by atoms with E-state index in [9.17, 15) is 12.8 Å². The molecule has 1 fully saturated rings. The zero-order chi connectivity index (χ0) is 14.8. The third-order valence-corrected chi connectivity index (χ3v) is 6.05. The van der Waals surface area contributed by atoms with Crippen LogP contribution < -0.4 is 0 Å². The van der Waals surface area contributed by atoms with E-state index in [4.69, 9.17) is 11.6 Å². The van der Waals surface area contributed by atoms with E-state index in [0.717, 1.165) is 25.7 Å². The van der Waals surface area contributed by atoms with Gasteiger partial charge in [0.1, 0.15) is 5.82 Å². The van der Waals surface area contributed by atoms with Gasteiger partial charge in [-0.1, -0.05) is 13.3 Å². The van der Waals surface area contributed by atoms with E-state index in [1.165, 1.54) is 18.2 Å². The van der Waals surface area contributed by atoms with Gasteiger partial charge in [-0.3, -0.25) is 0 Å². The monoisotopic (exact) mass is 319 g/mol. The molecule has 1 aromatic carbocycles. The second-order valence-corrected chi connectivity index (χ2v) is 7.22. The van der Waals surface area contributed by atoms with Gasteiger partial charge in [0.25, 0.3) is 0 Å². The minimum atomic E-state index is -3.56. The molecule has 2 rings (SSSR count). The average Bonchev–Trinajstić information content (AvgIpc) is 2.47. The van der Waals surface area contributed by atoms with Crippen LogP contribution in [0, 0.1) is 5.82 Å². The molecule has 0 amide bonds. The van der Waals surface area contributed by atoms with Gasteiger partial charge in [-0.25, -0.2) is 12.8 Å². The van der Waals surface area contributed by atoms with Crippen molar-refractivity contribution in [3.05, 3.63) is 29.6 Å². The van der Waals surface area contributed by atoms with Crippen LogP contribution in [0.4, 0.5) is 4.39 Å². The van der Waals surface area contributed by atoms with Gasteiger partial charge in [0.05, 0.1) is 10.8 Å². The van der Waals surface area contributed by atoms with Crippen molar-refractivity contribution in [1.29, 1.82) is 0 Å². The summed E-state index contributed by atoms with van der Waals surface area (Å²) in [6.07, 6.45) is 3.61. The third kappa shape index (κ3) is 3.00. The van der Waals surface area contributed by atoms with Gasteiger partial charge in [-0.2, -0.15) is 4.31 Å². The number of hydrogen-bond acceptors (Lipinski definition) is 2. The number of hydrogen-bond donors (Lipinski definition) is 0. The van der Waals surface area contributed by atoms with E-state index in [-0.39, 0.29) is 22.4 Å². The average molecular weight is 320 g/mol. The van der Waals surface area contributed by atoms with Crippen molar-refractivity contribution in [1.82, 2.24) is 4.31 Å². The molecule has 0 aromatic heterocycles. The molecule has 1 aliphatic rings. The fourth-order valence-electron chi connectivity index (χ4n) is 2.65. The van der Waals surface area contributed by atoms with Crippen LogP contribution >= 0.6 is 11.6 Å². The number of halogens is 2. The topological polar surface area (TPSA) is 37.4 Å². The molecule has 0 saturated carbocycles. The molecule has 0 aliphatic carbocycles. The largest absolute Gasteiger partial charge is 0.243 e. The van der Waals surface area contributed by atoms with Crippen LogP contribution in [0.5, 0.6) is 0 Å². The van der Waals surface area contributed by atoms with E-state index in [1.54, 1.807) is 4.31 Å². The maximum atomic E-state index is 13.5. The summed E-state index contributed by atoms with van der Waals surface area (Å²) in [4.78, 5) is 0.134. The van der Waals surface area contributed by atoms with Crippen LogP contribution in [0.15, 0.2) is 23.1 Å². The van der Waals surface area contributed by atoms with Gasteiger partial charge in [-0.15, -0.1) is 11.6 Å². The first-order valence-electron chi connectivity index (χ1n) is 6.87. The van der Waals surface area contributed by atoms with E-state index >= 15 is 0 Å². The Morgan fingerprint density at radius 3 is 2.80 bits per heavy atom. The molecule has 112 valence electrons. The van der Waals surface area contributed by atoms with Gasteiger partial charge in [0.15, 0.2) is 0 Å². The minimum Gasteiger partial charge on any atom is -0.207 e. The van der Waals surface area contributed by atoms with Crippen LogP contribution in [-0.2, 0) is 15.9 Å². The second kappa shape index (κ2) is 6.41. The smallest absolute Gasteiger partial charge is 0.207 e. The highest BCUT2D eigenvalue weighted by atomic mass is 35.5. The third-order valence-electron chi connectivity index (χ3n) is 3.81. The molecule has 3 nitrogen and oxygen atoms in total. The number of piperidine rings is 1. The molecule has 1 unspecified atom stereocenters. The highest BCUT2D eigenvalue weighted by molar-refractivity contribution is 7.89. The van der Waals surface area contributed by atoms with Crippen LogP contribution in [0.25, 0.3) is 0 Å². The van der Waals surface area contributed by atoms with E-state index in [2.05, 4.69) is 0 Å². The quantitative estimate of drug-likeness (QED) is 0.796. The molecular weight excluding hydrogens is 301 g/mol. The fourth-order valence-corrected chi connectivity index (χ4v) is 4.67. The first-order chi connectivity index (χ1) is 9.50. The molecule has 1 heterocycles. The Balaban J connectivity index is 2.38. The zero-order valence-electron chi connectivity index (χ0n) is 11.5. The van der Waals surface area contributed by atoms with E-state index in [0.29, 0.717) is 6.54 Å². The summed E-state index contributed by atoms with van der Waals surface area (Å²) in [5, 5.41) is 0. The lowest BCUT2D eigenvalue weighted by atomic mass is 10.0. The first-order valence-corrected chi connectivity index (χ1v) is 8.84. The Kier molecular flexibility index (Phi) is 5.04. The number of sulfonamides is 1. The molecule has 1 atom stereocenters. The highest BCUT2D eigenvalue weighted by Gasteiger charge is 2.32. The van der Waals surface area contributed by atoms with Crippen LogP contribution in [0.1, 0.15) is 38.2 Å². The standard InChI is InChI=1S/C14H19ClFNO2S/c1-2-12-5-3-4-8-17(12)20(18,19)13-6-7-14(16)11(9-13)10-15/h6-7,9,12H,2-5,8,10H2,1H3. The Morgan fingerprint density at radius 1 is 1.40 bits per heavy atom. The Bertz CT molecular complexity index is 577.